The lowest BCUT2D eigenvalue weighted by Gasteiger charge is -2.44. The second-order valence-corrected chi connectivity index (χ2v) is 8.72. The number of nitrogens with zero attached hydrogens (tertiary/aromatic N) is 5. The van der Waals surface area contributed by atoms with Gasteiger partial charge < -0.3 is 30.6 Å². The van der Waals surface area contributed by atoms with Crippen LogP contribution in [-0.2, 0) is 9.59 Å². The van der Waals surface area contributed by atoms with E-state index in [0.29, 0.717) is 22.2 Å². The van der Waals surface area contributed by atoms with Crippen LogP contribution in [0.2, 0.25) is 0 Å². The number of aliphatic hydroxyl groups excluding tert-OH is 1. The van der Waals surface area contributed by atoms with Crippen molar-refractivity contribution in [1.82, 2.24) is 19.8 Å². The number of nitrogen functional groups attached to an aromatic ring is 1. The first-order chi connectivity index (χ1) is 13.8. The van der Waals surface area contributed by atoms with Crippen LogP contribution >= 0.6 is 11.8 Å². The van der Waals surface area contributed by atoms with Gasteiger partial charge in [-0.15, -0.1) is 0 Å². The fourth-order valence-electron chi connectivity index (χ4n) is 4.07. The highest BCUT2D eigenvalue weighted by atomic mass is 32.2. The number of likely N-dealkylation sites (N-methyl/N-ethyl adjacent to an activating group) is 1. The normalized spacial score (nSPS) is 25.8. The number of aliphatic carboxylic acids is 1. The second kappa shape index (κ2) is 7.47. The van der Waals surface area contributed by atoms with Crippen molar-refractivity contribution in [2.75, 3.05) is 43.9 Å². The molecular weight excluding hydrogens is 396 g/mol. The van der Waals surface area contributed by atoms with Gasteiger partial charge in [0.15, 0.2) is 5.82 Å². The van der Waals surface area contributed by atoms with Gasteiger partial charge in [-0.3, -0.25) is 4.79 Å². The fourth-order valence-corrected chi connectivity index (χ4v) is 5.14. The van der Waals surface area contributed by atoms with Crippen LogP contribution in [0.4, 0.5) is 11.6 Å². The maximum absolute atomic E-state index is 12.3. The zero-order valence-electron chi connectivity index (χ0n) is 16.3. The van der Waals surface area contributed by atoms with Crippen LogP contribution in [0.25, 0.3) is 0 Å². The molecule has 156 valence electrons. The van der Waals surface area contributed by atoms with Crippen molar-refractivity contribution in [3.63, 3.8) is 0 Å². The van der Waals surface area contributed by atoms with E-state index in [2.05, 4.69) is 26.8 Å². The fraction of sp³-hybridized carbons (Fsp3) is 0.556. The van der Waals surface area contributed by atoms with Crippen molar-refractivity contribution in [1.29, 1.82) is 0 Å². The van der Waals surface area contributed by atoms with E-state index in [1.54, 1.807) is 13.1 Å². The number of carbonyl (C=O) groups is 2. The summed E-state index contributed by atoms with van der Waals surface area (Å²) in [5.41, 5.74) is 5.97. The number of hydrogen-bond acceptors (Lipinski definition) is 9. The molecule has 0 bridgehead atoms. The number of amides is 1. The molecule has 3 atom stereocenters. The summed E-state index contributed by atoms with van der Waals surface area (Å²) < 4.78 is 0. The van der Waals surface area contributed by atoms with E-state index in [1.807, 2.05) is 0 Å². The third-order valence-electron chi connectivity index (χ3n) is 5.69. The van der Waals surface area contributed by atoms with E-state index < -0.39 is 18.0 Å². The lowest BCUT2D eigenvalue weighted by molar-refractivity contribution is -0.161. The lowest BCUT2D eigenvalue weighted by Crippen LogP contribution is -2.61. The van der Waals surface area contributed by atoms with Crippen molar-refractivity contribution < 1.29 is 19.8 Å². The predicted molar refractivity (Wildman–Crippen MR) is 107 cm³/mol. The summed E-state index contributed by atoms with van der Waals surface area (Å²) in [6.07, 6.45) is 1.16. The van der Waals surface area contributed by atoms with Crippen molar-refractivity contribution in [2.45, 2.75) is 30.5 Å². The van der Waals surface area contributed by atoms with Gasteiger partial charge in [-0.2, -0.15) is 0 Å². The average molecular weight is 420 g/mol. The monoisotopic (exact) mass is 420 g/mol. The molecule has 1 amide bonds. The quantitative estimate of drug-likeness (QED) is 0.550. The number of nitrogens with two attached hydrogens (primary N) is 1. The maximum atomic E-state index is 12.3. The summed E-state index contributed by atoms with van der Waals surface area (Å²) in [6, 6.07) is -0.342. The van der Waals surface area contributed by atoms with E-state index in [1.165, 1.54) is 4.90 Å². The summed E-state index contributed by atoms with van der Waals surface area (Å²) in [4.78, 5) is 39.2. The SMILES string of the molecule is C[C@@H](O)[C@H]1C(=O)N2C(C(=O)O)=C(Sc3nc(N4CCN(C)CC4)cnc3N)C[C@H]12. The summed E-state index contributed by atoms with van der Waals surface area (Å²) >= 11 is 1.14. The van der Waals surface area contributed by atoms with Crippen LogP contribution in [0, 0.1) is 5.92 Å². The Morgan fingerprint density at radius 3 is 2.66 bits per heavy atom. The first-order valence-corrected chi connectivity index (χ1v) is 10.3. The molecule has 4 N–H and O–H groups in total. The van der Waals surface area contributed by atoms with Crippen LogP contribution in [0.5, 0.6) is 0 Å². The van der Waals surface area contributed by atoms with E-state index in [9.17, 15) is 19.8 Å². The smallest absolute Gasteiger partial charge is 0.353 e. The zero-order chi connectivity index (χ0) is 20.9. The molecule has 0 spiro atoms. The highest BCUT2D eigenvalue weighted by molar-refractivity contribution is 8.03. The topological polar surface area (TPSA) is 136 Å². The Bertz CT molecular complexity index is 883. The number of anilines is 2. The molecule has 3 aliphatic rings. The molecule has 0 aromatic carbocycles. The summed E-state index contributed by atoms with van der Waals surface area (Å²) in [6.45, 7) is 5.03. The number of carboxylic acid groups (broad SMARTS) is 1. The molecule has 0 saturated carbocycles. The first kappa shape index (κ1) is 19.9. The highest BCUT2D eigenvalue weighted by Gasteiger charge is 2.56. The Morgan fingerprint density at radius 2 is 2.03 bits per heavy atom. The third-order valence-corrected chi connectivity index (χ3v) is 6.79. The van der Waals surface area contributed by atoms with Gasteiger partial charge in [0, 0.05) is 37.5 Å². The number of β-lactam (4-membered cyclic amide) rings is 1. The van der Waals surface area contributed by atoms with Crippen molar-refractivity contribution >= 4 is 35.3 Å². The molecule has 10 nitrogen and oxygen atoms in total. The standard InChI is InChI=1S/C18H24N6O4S/c1-9(25)13-10-7-11(14(18(27)28)24(10)17(13)26)29-16-15(19)20-8-12(21-16)23-5-3-22(2)4-6-23/h8-10,13,25H,3-7H2,1-2H3,(H2,19,20)(H,27,28)/t9-,10-,13-/m1/s1. The van der Waals surface area contributed by atoms with Crippen LogP contribution in [0.15, 0.2) is 21.8 Å². The summed E-state index contributed by atoms with van der Waals surface area (Å²) in [7, 11) is 2.07. The van der Waals surface area contributed by atoms with Gasteiger partial charge in [0.05, 0.1) is 24.3 Å². The maximum Gasteiger partial charge on any atom is 0.353 e. The number of rotatable bonds is 5. The Kier molecular flexibility index (Phi) is 5.13. The number of fused-ring (bicyclic) bond motifs is 1. The van der Waals surface area contributed by atoms with E-state index >= 15 is 0 Å². The Morgan fingerprint density at radius 1 is 1.34 bits per heavy atom. The van der Waals surface area contributed by atoms with Crippen molar-refractivity contribution in [3.05, 3.63) is 16.8 Å². The molecule has 2 fully saturated rings. The predicted octanol–water partition coefficient (Wildman–Crippen LogP) is -0.190. The molecule has 1 aromatic rings. The van der Waals surface area contributed by atoms with Crippen LogP contribution in [0.1, 0.15) is 13.3 Å². The average Bonchev–Trinajstić information content (AvgIpc) is 2.98. The van der Waals surface area contributed by atoms with Gasteiger partial charge in [-0.25, -0.2) is 14.8 Å². The van der Waals surface area contributed by atoms with Gasteiger partial charge in [-0.1, -0.05) is 11.8 Å². The van der Waals surface area contributed by atoms with Crippen LogP contribution < -0.4 is 10.6 Å². The van der Waals surface area contributed by atoms with Crippen molar-refractivity contribution in [3.8, 4) is 0 Å². The second-order valence-electron chi connectivity index (χ2n) is 7.63. The molecule has 11 heteroatoms. The van der Waals surface area contributed by atoms with Crippen LogP contribution in [-0.4, -0.2) is 87.2 Å². The molecule has 2 saturated heterocycles. The van der Waals surface area contributed by atoms with Gasteiger partial charge in [0.1, 0.15) is 16.5 Å². The molecular formula is C18H24N6O4S. The number of thioether (sulfide) groups is 1. The molecule has 0 aliphatic carbocycles. The van der Waals surface area contributed by atoms with Gasteiger partial charge >= 0.3 is 5.97 Å². The number of piperazine rings is 1. The van der Waals surface area contributed by atoms with E-state index in [-0.39, 0.29) is 23.5 Å². The highest BCUT2D eigenvalue weighted by Crippen LogP contribution is 2.49. The minimum absolute atomic E-state index is 0.0481. The van der Waals surface area contributed by atoms with Crippen molar-refractivity contribution in [2.24, 2.45) is 5.92 Å². The Hall–Kier alpha value is -2.37. The number of aliphatic hydroxyl groups is 1. The number of aromatic nitrogens is 2. The molecule has 0 radical (unpaired) electrons. The first-order valence-electron chi connectivity index (χ1n) is 9.49. The molecule has 0 unspecified atom stereocenters. The van der Waals surface area contributed by atoms with Gasteiger partial charge in [-0.05, 0) is 14.0 Å². The Labute approximate surface area is 172 Å². The molecule has 4 rings (SSSR count). The lowest BCUT2D eigenvalue weighted by atomic mass is 9.83. The number of carbonyl (C=O) groups excluding carboxylic acids is 1. The minimum Gasteiger partial charge on any atom is -0.477 e. The molecule has 29 heavy (non-hydrogen) atoms. The van der Waals surface area contributed by atoms with E-state index in [4.69, 9.17) is 5.73 Å². The molecule has 1 aromatic heterocycles. The van der Waals surface area contributed by atoms with Crippen LogP contribution in [0.3, 0.4) is 0 Å². The zero-order valence-corrected chi connectivity index (χ0v) is 17.1. The summed E-state index contributed by atoms with van der Waals surface area (Å²) in [5.74, 6) is -1.19. The molecule has 4 heterocycles. The van der Waals surface area contributed by atoms with Gasteiger partial charge in [0.2, 0.25) is 5.91 Å². The number of carboxylic acids is 1. The van der Waals surface area contributed by atoms with E-state index in [0.717, 1.165) is 37.9 Å². The Balaban J connectivity index is 1.59. The molecule has 3 aliphatic heterocycles. The largest absolute Gasteiger partial charge is 0.477 e. The number of hydrogen-bond donors (Lipinski definition) is 3. The van der Waals surface area contributed by atoms with Gasteiger partial charge in [0.25, 0.3) is 0 Å². The third kappa shape index (κ3) is 3.43. The summed E-state index contributed by atoms with van der Waals surface area (Å²) in [5, 5.41) is 20.0. The minimum atomic E-state index is -1.17.